The molecule has 2 aliphatic heterocycles. The first kappa shape index (κ1) is 20.0. The monoisotopic (exact) mass is 420 g/mol. The van der Waals surface area contributed by atoms with Gasteiger partial charge in [0.1, 0.15) is 17.2 Å². The van der Waals surface area contributed by atoms with Gasteiger partial charge in [-0.3, -0.25) is 5.41 Å². The molecule has 0 saturated carbocycles. The first-order valence-electron chi connectivity index (χ1n) is 9.22. The van der Waals surface area contributed by atoms with Crippen molar-refractivity contribution in [2.45, 2.75) is 12.0 Å². The molecule has 0 bridgehead atoms. The molecule has 0 aliphatic carbocycles. The molecule has 154 valence electrons. The summed E-state index contributed by atoms with van der Waals surface area (Å²) in [6.45, 7) is 4.07. The molecule has 2 fully saturated rings. The zero-order valence-electron chi connectivity index (χ0n) is 15.9. The van der Waals surface area contributed by atoms with Gasteiger partial charge in [0.25, 0.3) is 6.43 Å². The molecule has 2 aromatic heterocycles. The number of anilines is 1. The zero-order valence-corrected chi connectivity index (χ0v) is 16.8. The number of ether oxygens (including phenoxy) is 1. The number of rotatable bonds is 6. The summed E-state index contributed by atoms with van der Waals surface area (Å²) in [6.07, 6.45) is 5.11. The summed E-state index contributed by atoms with van der Waals surface area (Å²) < 4.78 is 33.2. The maximum atomic E-state index is 12.4. The summed E-state index contributed by atoms with van der Waals surface area (Å²) in [5.41, 5.74) is 0.800. The number of morpholine rings is 1. The molecule has 10 heteroatoms. The molecule has 0 amide bonds. The molecule has 2 N–H and O–H groups in total. The third kappa shape index (κ3) is 4.34. The average molecular weight is 420 g/mol. The molecule has 0 aromatic carbocycles. The predicted molar refractivity (Wildman–Crippen MR) is 111 cm³/mol. The molecule has 0 radical (unpaired) electrons. The van der Waals surface area contributed by atoms with Crippen LogP contribution in [0.2, 0.25) is 0 Å². The van der Waals surface area contributed by atoms with Crippen molar-refractivity contribution in [1.29, 1.82) is 5.41 Å². The van der Waals surface area contributed by atoms with Crippen molar-refractivity contribution in [3.05, 3.63) is 36.4 Å². The maximum absolute atomic E-state index is 12.4. The minimum absolute atomic E-state index is 0.125. The van der Waals surface area contributed by atoms with Gasteiger partial charge >= 0.3 is 0 Å². The molecule has 2 saturated heterocycles. The number of pyridine rings is 1. The van der Waals surface area contributed by atoms with Crippen molar-refractivity contribution in [1.82, 2.24) is 19.3 Å². The van der Waals surface area contributed by atoms with Crippen LogP contribution in [0.1, 0.15) is 5.82 Å². The molecule has 4 rings (SSSR count). The molecule has 0 unspecified atom stereocenters. The van der Waals surface area contributed by atoms with Crippen molar-refractivity contribution < 1.29 is 13.5 Å². The van der Waals surface area contributed by atoms with E-state index in [1.54, 1.807) is 24.3 Å². The van der Waals surface area contributed by atoms with Crippen LogP contribution in [0.3, 0.4) is 0 Å². The quantitative estimate of drug-likeness (QED) is 0.553. The lowest BCUT2D eigenvalue weighted by atomic mass is 9.94. The Hall–Kier alpha value is -2.30. The van der Waals surface area contributed by atoms with E-state index in [1.807, 2.05) is 12.1 Å². The van der Waals surface area contributed by atoms with Crippen molar-refractivity contribution in [2.75, 3.05) is 43.9 Å². The van der Waals surface area contributed by atoms with Crippen LogP contribution in [0.15, 0.2) is 30.6 Å². The van der Waals surface area contributed by atoms with E-state index in [-0.39, 0.29) is 5.60 Å². The van der Waals surface area contributed by atoms with Crippen molar-refractivity contribution in [3.63, 3.8) is 0 Å². The number of alkyl halides is 2. The van der Waals surface area contributed by atoms with Crippen LogP contribution in [0.4, 0.5) is 14.6 Å². The van der Waals surface area contributed by atoms with E-state index in [2.05, 4.69) is 30.4 Å². The van der Waals surface area contributed by atoms with Crippen LogP contribution >= 0.6 is 11.9 Å². The molecule has 7 nitrogen and oxygen atoms in total. The molecule has 0 atom stereocenters. The first-order valence-corrected chi connectivity index (χ1v) is 10.4. The number of halogens is 2. The van der Waals surface area contributed by atoms with Gasteiger partial charge in [0, 0.05) is 31.4 Å². The van der Waals surface area contributed by atoms with Gasteiger partial charge in [0.2, 0.25) is 0 Å². The number of hydrogen-bond acceptors (Lipinski definition) is 7. The minimum atomic E-state index is -2.79. The standard InChI is InChI=1S/C19H22F2N6OS/c1-29-27-11-19(12-27)10-26(6-7-28-19)17-8-13(4-5-23-17)15-9-24-16(25-15)3-2-14(22)18(20)21/h2-5,8-9,18,22H,6-7,10-12H2,1H3,(H,24,25)/b3-2-,22-14?. The van der Waals surface area contributed by atoms with Crippen LogP contribution in [-0.4, -0.2) is 76.0 Å². The molecule has 2 aromatic rings. The number of imidazole rings is 1. The van der Waals surface area contributed by atoms with E-state index in [1.165, 1.54) is 6.08 Å². The SMILES string of the molecule is CSN1CC2(C1)CN(c1cc(-c3cnc(/C=C\C(=N)C(F)F)[nH]3)ccn1)CCO2. The van der Waals surface area contributed by atoms with Gasteiger partial charge in [-0.1, -0.05) is 11.9 Å². The summed E-state index contributed by atoms with van der Waals surface area (Å²) in [4.78, 5) is 14.0. The summed E-state index contributed by atoms with van der Waals surface area (Å²) >= 11 is 1.73. The molecule has 29 heavy (non-hydrogen) atoms. The van der Waals surface area contributed by atoms with Gasteiger partial charge in [-0.2, -0.15) is 0 Å². The van der Waals surface area contributed by atoms with E-state index < -0.39 is 12.1 Å². The fourth-order valence-electron chi connectivity index (χ4n) is 3.53. The van der Waals surface area contributed by atoms with Gasteiger partial charge in [0.05, 0.1) is 30.8 Å². The van der Waals surface area contributed by atoms with E-state index in [0.29, 0.717) is 12.4 Å². The van der Waals surface area contributed by atoms with Crippen molar-refractivity contribution in [3.8, 4) is 11.3 Å². The Labute approximate surface area is 171 Å². The van der Waals surface area contributed by atoms with Gasteiger partial charge in [-0.15, -0.1) is 0 Å². The molecular weight excluding hydrogens is 398 g/mol. The normalized spacial score (nSPS) is 19.2. The number of nitrogens with one attached hydrogen (secondary N) is 2. The summed E-state index contributed by atoms with van der Waals surface area (Å²) in [6, 6.07) is 3.87. The van der Waals surface area contributed by atoms with Gasteiger partial charge in [-0.05, 0) is 30.5 Å². The fourth-order valence-corrected chi connectivity index (χ4v) is 4.25. The Balaban J connectivity index is 1.47. The van der Waals surface area contributed by atoms with Gasteiger partial charge in [-0.25, -0.2) is 23.1 Å². The fraction of sp³-hybridized carbons (Fsp3) is 0.421. The zero-order chi connectivity index (χ0) is 20.4. The predicted octanol–water partition coefficient (Wildman–Crippen LogP) is 2.94. The highest BCUT2D eigenvalue weighted by Gasteiger charge is 2.47. The number of aromatic amines is 1. The Kier molecular flexibility index (Phi) is 5.66. The van der Waals surface area contributed by atoms with E-state index >= 15 is 0 Å². The highest BCUT2D eigenvalue weighted by Crippen LogP contribution is 2.34. The Morgan fingerprint density at radius 2 is 2.21 bits per heavy atom. The number of nitrogens with zero attached hydrogens (tertiary/aromatic N) is 4. The largest absolute Gasteiger partial charge is 0.369 e. The highest BCUT2D eigenvalue weighted by molar-refractivity contribution is 7.96. The Bertz CT molecular complexity index is 912. The van der Waals surface area contributed by atoms with E-state index in [0.717, 1.165) is 49.3 Å². The number of allylic oxidation sites excluding steroid dienone is 1. The topological polar surface area (TPSA) is 81.1 Å². The Morgan fingerprint density at radius 1 is 1.38 bits per heavy atom. The highest BCUT2D eigenvalue weighted by atomic mass is 32.2. The van der Waals surface area contributed by atoms with E-state index in [4.69, 9.17) is 10.1 Å². The maximum Gasteiger partial charge on any atom is 0.279 e. The lowest BCUT2D eigenvalue weighted by Crippen LogP contribution is -2.68. The summed E-state index contributed by atoms with van der Waals surface area (Å²) in [5, 5.41) is 7.18. The lowest BCUT2D eigenvalue weighted by Gasteiger charge is -2.53. The van der Waals surface area contributed by atoms with Crippen LogP contribution in [0.25, 0.3) is 17.3 Å². The second kappa shape index (κ2) is 8.21. The van der Waals surface area contributed by atoms with Crippen LogP contribution in [-0.2, 0) is 4.74 Å². The molecule has 2 aliphatic rings. The third-order valence-corrected chi connectivity index (χ3v) is 5.84. The van der Waals surface area contributed by atoms with Gasteiger partial charge < -0.3 is 14.6 Å². The number of H-pyrrole nitrogens is 1. The average Bonchev–Trinajstić information content (AvgIpc) is 3.19. The number of aromatic nitrogens is 3. The smallest absolute Gasteiger partial charge is 0.279 e. The molecule has 4 heterocycles. The first-order chi connectivity index (χ1) is 14.0. The second-order valence-corrected chi connectivity index (χ2v) is 7.99. The Morgan fingerprint density at radius 3 is 2.97 bits per heavy atom. The summed E-state index contributed by atoms with van der Waals surface area (Å²) in [5.74, 6) is 1.29. The van der Waals surface area contributed by atoms with E-state index in [9.17, 15) is 8.78 Å². The second-order valence-electron chi connectivity index (χ2n) is 7.11. The van der Waals surface area contributed by atoms with Crippen molar-refractivity contribution in [2.24, 2.45) is 0 Å². The van der Waals surface area contributed by atoms with Crippen molar-refractivity contribution >= 4 is 29.6 Å². The molecule has 1 spiro atoms. The third-order valence-electron chi connectivity index (χ3n) is 5.07. The van der Waals surface area contributed by atoms with Crippen LogP contribution < -0.4 is 4.90 Å². The van der Waals surface area contributed by atoms with Gasteiger partial charge in [0.15, 0.2) is 0 Å². The summed E-state index contributed by atoms with van der Waals surface area (Å²) in [7, 11) is 0. The molecular formula is C19H22F2N6OS. The lowest BCUT2D eigenvalue weighted by molar-refractivity contribution is -0.119. The van der Waals surface area contributed by atoms with Crippen LogP contribution in [0.5, 0.6) is 0 Å². The van der Waals surface area contributed by atoms with Crippen LogP contribution in [0, 0.1) is 5.41 Å². The minimum Gasteiger partial charge on any atom is -0.369 e. The number of hydrogen-bond donors (Lipinski definition) is 2.